The van der Waals surface area contributed by atoms with Gasteiger partial charge in [0, 0.05) is 20.6 Å². The molecule has 1 aromatic rings. The van der Waals surface area contributed by atoms with Crippen LogP contribution in [0.3, 0.4) is 0 Å². The molecule has 0 aliphatic carbocycles. The lowest BCUT2D eigenvalue weighted by Gasteiger charge is -2.12. The van der Waals surface area contributed by atoms with Gasteiger partial charge in [-0.1, -0.05) is 26.7 Å². The Hall–Kier alpha value is -1.59. The predicted molar refractivity (Wildman–Crippen MR) is 75.7 cm³/mol. The first-order valence-electron chi connectivity index (χ1n) is 6.41. The first kappa shape index (κ1) is 14.5. The second-order valence-electron chi connectivity index (χ2n) is 5.03. The van der Waals surface area contributed by atoms with E-state index in [2.05, 4.69) is 34.1 Å². The quantitative estimate of drug-likeness (QED) is 0.720. The lowest BCUT2D eigenvalue weighted by molar-refractivity contribution is 0.544. The van der Waals surface area contributed by atoms with Crippen molar-refractivity contribution in [3.8, 4) is 0 Å². The minimum atomic E-state index is 0.249. The number of nitrogens with one attached hydrogen (secondary N) is 1. The van der Waals surface area contributed by atoms with Crippen molar-refractivity contribution in [1.82, 2.24) is 15.0 Å². The van der Waals surface area contributed by atoms with Gasteiger partial charge in [-0.05, 0) is 12.3 Å². The van der Waals surface area contributed by atoms with Crippen molar-refractivity contribution in [3.63, 3.8) is 0 Å². The Morgan fingerprint density at radius 3 is 2.50 bits per heavy atom. The Morgan fingerprint density at radius 1 is 1.17 bits per heavy atom. The smallest absolute Gasteiger partial charge is 0.231 e. The van der Waals surface area contributed by atoms with E-state index in [9.17, 15) is 0 Å². The van der Waals surface area contributed by atoms with Crippen molar-refractivity contribution in [2.75, 3.05) is 36.6 Å². The van der Waals surface area contributed by atoms with Gasteiger partial charge in [0.25, 0.3) is 0 Å². The van der Waals surface area contributed by atoms with Crippen LogP contribution in [0, 0.1) is 5.92 Å². The highest BCUT2D eigenvalue weighted by Gasteiger charge is 2.05. The van der Waals surface area contributed by atoms with Crippen molar-refractivity contribution >= 4 is 17.8 Å². The molecule has 0 radical (unpaired) electrons. The number of rotatable bonds is 7. The number of nitrogen functional groups attached to an aromatic ring is 1. The van der Waals surface area contributed by atoms with E-state index in [1.165, 1.54) is 12.8 Å². The van der Waals surface area contributed by atoms with Crippen LogP contribution in [0.4, 0.5) is 17.8 Å². The molecule has 1 heterocycles. The monoisotopic (exact) mass is 252 g/mol. The topological polar surface area (TPSA) is 80.0 Å². The summed E-state index contributed by atoms with van der Waals surface area (Å²) in [6, 6.07) is 0. The van der Waals surface area contributed by atoms with Gasteiger partial charge in [0.15, 0.2) is 0 Å². The van der Waals surface area contributed by atoms with Crippen LogP contribution in [-0.4, -0.2) is 35.6 Å². The molecule has 18 heavy (non-hydrogen) atoms. The molecule has 0 aliphatic rings. The molecule has 0 bridgehead atoms. The molecular formula is C12H24N6. The zero-order chi connectivity index (χ0) is 13.5. The molecule has 0 saturated heterocycles. The van der Waals surface area contributed by atoms with Crippen molar-refractivity contribution in [1.29, 1.82) is 0 Å². The Kier molecular flexibility index (Phi) is 5.61. The van der Waals surface area contributed by atoms with Gasteiger partial charge in [-0.2, -0.15) is 15.0 Å². The molecule has 6 nitrogen and oxygen atoms in total. The summed E-state index contributed by atoms with van der Waals surface area (Å²) >= 11 is 0. The summed E-state index contributed by atoms with van der Waals surface area (Å²) < 4.78 is 0. The number of unbranched alkanes of at least 4 members (excludes halogenated alkanes) is 1. The van der Waals surface area contributed by atoms with E-state index in [0.717, 1.165) is 18.9 Å². The van der Waals surface area contributed by atoms with Gasteiger partial charge in [-0.3, -0.25) is 0 Å². The zero-order valence-electron chi connectivity index (χ0n) is 11.8. The predicted octanol–water partition coefficient (Wildman–Crippen LogP) is 1.76. The first-order valence-corrected chi connectivity index (χ1v) is 6.41. The number of hydrogen-bond donors (Lipinski definition) is 2. The molecule has 3 N–H and O–H groups in total. The third kappa shape index (κ3) is 5.16. The molecule has 1 rings (SSSR count). The van der Waals surface area contributed by atoms with Crippen molar-refractivity contribution in [3.05, 3.63) is 0 Å². The number of anilines is 3. The Labute approximate surface area is 109 Å². The molecule has 0 saturated carbocycles. The molecule has 0 atom stereocenters. The standard InChI is InChI=1S/C12H24N6/c1-9(2)7-5-6-8-14-11-15-10(13)16-12(17-11)18(3)4/h9H,5-8H2,1-4H3,(H3,13,14,15,16,17). The molecule has 0 unspecified atom stereocenters. The summed E-state index contributed by atoms with van der Waals surface area (Å²) in [5.41, 5.74) is 5.64. The molecule has 0 aliphatic heterocycles. The lowest BCUT2D eigenvalue weighted by Crippen LogP contribution is -2.16. The number of hydrogen-bond acceptors (Lipinski definition) is 6. The molecule has 102 valence electrons. The largest absolute Gasteiger partial charge is 0.368 e. The zero-order valence-corrected chi connectivity index (χ0v) is 11.8. The van der Waals surface area contributed by atoms with Crippen LogP contribution in [0.2, 0.25) is 0 Å². The summed E-state index contributed by atoms with van der Waals surface area (Å²) in [5, 5.41) is 3.19. The minimum Gasteiger partial charge on any atom is -0.368 e. The molecule has 6 heteroatoms. The van der Waals surface area contributed by atoms with Gasteiger partial charge in [0.2, 0.25) is 17.8 Å². The van der Waals surface area contributed by atoms with E-state index in [0.29, 0.717) is 11.9 Å². The average molecular weight is 252 g/mol. The van der Waals surface area contributed by atoms with Gasteiger partial charge in [-0.25, -0.2) is 0 Å². The van der Waals surface area contributed by atoms with Crippen molar-refractivity contribution < 1.29 is 0 Å². The van der Waals surface area contributed by atoms with Gasteiger partial charge in [-0.15, -0.1) is 0 Å². The van der Waals surface area contributed by atoms with E-state index in [1.807, 2.05) is 19.0 Å². The third-order valence-electron chi connectivity index (χ3n) is 2.53. The lowest BCUT2D eigenvalue weighted by atomic mass is 10.1. The second kappa shape index (κ2) is 6.98. The van der Waals surface area contributed by atoms with Gasteiger partial charge in [0.05, 0.1) is 0 Å². The van der Waals surface area contributed by atoms with E-state index in [-0.39, 0.29) is 5.95 Å². The van der Waals surface area contributed by atoms with Crippen LogP contribution in [0.25, 0.3) is 0 Å². The molecular weight excluding hydrogens is 228 g/mol. The number of nitrogens with zero attached hydrogens (tertiary/aromatic N) is 4. The van der Waals surface area contributed by atoms with Gasteiger partial charge >= 0.3 is 0 Å². The maximum atomic E-state index is 5.64. The highest BCUT2D eigenvalue weighted by Crippen LogP contribution is 2.10. The van der Waals surface area contributed by atoms with E-state index in [1.54, 1.807) is 0 Å². The average Bonchev–Trinajstić information content (AvgIpc) is 2.27. The SMILES string of the molecule is CC(C)CCCCNc1nc(N)nc(N(C)C)n1. The highest BCUT2D eigenvalue weighted by atomic mass is 15.3. The number of nitrogens with two attached hydrogens (primary N) is 1. The molecule has 0 spiro atoms. The molecule has 0 fully saturated rings. The van der Waals surface area contributed by atoms with Crippen molar-refractivity contribution in [2.45, 2.75) is 33.1 Å². The molecule has 0 aromatic carbocycles. The molecule has 1 aromatic heterocycles. The maximum Gasteiger partial charge on any atom is 0.231 e. The van der Waals surface area contributed by atoms with Crippen LogP contribution in [-0.2, 0) is 0 Å². The third-order valence-corrected chi connectivity index (χ3v) is 2.53. The summed E-state index contributed by atoms with van der Waals surface area (Å²) in [7, 11) is 3.75. The fraction of sp³-hybridized carbons (Fsp3) is 0.750. The van der Waals surface area contributed by atoms with Crippen LogP contribution in [0.1, 0.15) is 33.1 Å². The summed E-state index contributed by atoms with van der Waals surface area (Å²) in [4.78, 5) is 14.2. The Morgan fingerprint density at radius 2 is 1.89 bits per heavy atom. The van der Waals surface area contributed by atoms with Gasteiger partial charge < -0.3 is 16.0 Å². The van der Waals surface area contributed by atoms with Gasteiger partial charge in [0.1, 0.15) is 0 Å². The van der Waals surface area contributed by atoms with Crippen molar-refractivity contribution in [2.24, 2.45) is 5.92 Å². The summed E-state index contributed by atoms with van der Waals surface area (Å²) in [6.07, 6.45) is 3.58. The Balaban J connectivity index is 2.42. The van der Waals surface area contributed by atoms with Crippen LogP contribution in [0.5, 0.6) is 0 Å². The summed E-state index contributed by atoms with van der Waals surface area (Å²) in [6.45, 7) is 5.34. The van der Waals surface area contributed by atoms with E-state index < -0.39 is 0 Å². The Bertz CT molecular complexity index is 364. The van der Waals surface area contributed by atoms with E-state index in [4.69, 9.17) is 5.73 Å². The summed E-state index contributed by atoms with van der Waals surface area (Å²) in [5.74, 6) is 2.14. The fourth-order valence-electron chi connectivity index (χ4n) is 1.54. The second-order valence-corrected chi connectivity index (χ2v) is 5.03. The normalized spacial score (nSPS) is 10.7. The maximum absolute atomic E-state index is 5.64. The minimum absolute atomic E-state index is 0.249. The van der Waals surface area contributed by atoms with Crippen LogP contribution < -0.4 is 16.0 Å². The molecule has 0 amide bonds. The van der Waals surface area contributed by atoms with Crippen LogP contribution >= 0.6 is 0 Å². The van der Waals surface area contributed by atoms with Crippen LogP contribution in [0.15, 0.2) is 0 Å². The highest BCUT2D eigenvalue weighted by molar-refractivity contribution is 5.40. The first-order chi connectivity index (χ1) is 8.49. The number of aromatic nitrogens is 3. The van der Waals surface area contributed by atoms with E-state index >= 15 is 0 Å². The fourth-order valence-corrected chi connectivity index (χ4v) is 1.54.